The molecule has 7 heteroatoms. The normalized spacial score (nSPS) is 18.2. The van der Waals surface area contributed by atoms with E-state index in [0.717, 1.165) is 10.3 Å². The topological polar surface area (TPSA) is 91.4 Å². The van der Waals surface area contributed by atoms with Crippen molar-refractivity contribution < 1.29 is 14.4 Å². The fourth-order valence-corrected chi connectivity index (χ4v) is 2.36. The Hall–Kier alpha value is -2.96. The minimum Gasteiger partial charge on any atom is -0.336 e. The van der Waals surface area contributed by atoms with E-state index in [9.17, 15) is 14.4 Å². The van der Waals surface area contributed by atoms with E-state index in [1.807, 2.05) is 18.2 Å². The largest absolute Gasteiger partial charge is 0.336 e. The molecular weight excluding hydrogens is 284 g/mol. The Bertz CT molecular complexity index is 769. The van der Waals surface area contributed by atoms with Crippen molar-refractivity contribution in [2.45, 2.75) is 0 Å². The molecule has 1 unspecified atom stereocenters. The summed E-state index contributed by atoms with van der Waals surface area (Å²) in [5.74, 6) is -1.92. The molecule has 22 heavy (non-hydrogen) atoms. The van der Waals surface area contributed by atoms with E-state index >= 15 is 0 Å². The summed E-state index contributed by atoms with van der Waals surface area (Å²) >= 11 is 0. The van der Waals surface area contributed by atoms with Gasteiger partial charge in [-0.1, -0.05) is 18.2 Å². The lowest BCUT2D eigenvalue weighted by Crippen LogP contribution is -2.56. The monoisotopic (exact) mass is 298 g/mol. The zero-order valence-electron chi connectivity index (χ0n) is 11.9. The number of hydrogen-bond acceptors (Lipinski definition) is 4. The molecule has 4 amide bonds. The fraction of sp³-hybridized carbons (Fsp3) is 0.200. The lowest BCUT2D eigenvalue weighted by atomic mass is 10.1. The third kappa shape index (κ3) is 2.37. The Morgan fingerprint density at radius 1 is 1.32 bits per heavy atom. The van der Waals surface area contributed by atoms with Crippen LogP contribution in [0.3, 0.4) is 0 Å². The van der Waals surface area contributed by atoms with E-state index in [1.54, 1.807) is 18.3 Å². The van der Waals surface area contributed by atoms with Crippen molar-refractivity contribution in [3.05, 3.63) is 36.5 Å². The zero-order valence-corrected chi connectivity index (χ0v) is 11.9. The number of para-hydroxylation sites is 1. The van der Waals surface area contributed by atoms with Crippen LogP contribution in [0.25, 0.3) is 10.9 Å². The molecule has 2 aromatic rings. The van der Waals surface area contributed by atoms with Gasteiger partial charge in [0, 0.05) is 25.2 Å². The molecule has 0 aliphatic carbocycles. The molecular formula is C15H14N4O3. The number of nitrogens with zero attached hydrogens (tertiary/aromatic N) is 2. The summed E-state index contributed by atoms with van der Waals surface area (Å²) in [4.78, 5) is 40.9. The summed E-state index contributed by atoms with van der Waals surface area (Å²) in [7, 11) is 1.34. The summed E-state index contributed by atoms with van der Waals surface area (Å²) in [6.07, 6.45) is 1.64. The van der Waals surface area contributed by atoms with Gasteiger partial charge in [0.2, 0.25) is 11.8 Å². The van der Waals surface area contributed by atoms with Gasteiger partial charge in [0.25, 0.3) is 0 Å². The van der Waals surface area contributed by atoms with E-state index in [0.29, 0.717) is 11.2 Å². The number of aromatic nitrogens is 1. The van der Waals surface area contributed by atoms with Crippen LogP contribution in [0.1, 0.15) is 0 Å². The van der Waals surface area contributed by atoms with Gasteiger partial charge in [0.05, 0.1) is 11.2 Å². The average Bonchev–Trinajstić information content (AvgIpc) is 2.53. The SMILES string of the molecule is CN1C(=O)NCC(C(=O)Nc2cccc3cccnc23)C1=O. The number of amides is 4. The molecule has 1 aromatic heterocycles. The highest BCUT2D eigenvalue weighted by Crippen LogP contribution is 2.21. The Morgan fingerprint density at radius 3 is 2.91 bits per heavy atom. The molecule has 0 saturated carbocycles. The molecule has 3 rings (SSSR count). The summed E-state index contributed by atoms with van der Waals surface area (Å²) in [5, 5.41) is 6.12. The second kappa shape index (κ2) is 5.44. The number of rotatable bonds is 2. The lowest BCUT2D eigenvalue weighted by Gasteiger charge is -2.27. The number of anilines is 1. The number of carbonyl (C=O) groups excluding carboxylic acids is 3. The molecule has 2 N–H and O–H groups in total. The van der Waals surface area contributed by atoms with Crippen molar-refractivity contribution in [1.29, 1.82) is 0 Å². The van der Waals surface area contributed by atoms with Crippen molar-refractivity contribution in [2.75, 3.05) is 18.9 Å². The molecule has 1 aliphatic rings. The molecule has 1 aromatic carbocycles. The van der Waals surface area contributed by atoms with Crippen LogP contribution in [-0.2, 0) is 9.59 Å². The Labute approximate surface area is 126 Å². The highest BCUT2D eigenvalue weighted by Gasteiger charge is 2.36. The van der Waals surface area contributed by atoms with Crippen molar-refractivity contribution in [2.24, 2.45) is 5.92 Å². The molecule has 1 atom stereocenters. The Balaban J connectivity index is 1.85. The van der Waals surface area contributed by atoms with Crippen LogP contribution in [0.5, 0.6) is 0 Å². The first-order valence-corrected chi connectivity index (χ1v) is 6.78. The average molecular weight is 298 g/mol. The maximum Gasteiger partial charge on any atom is 0.323 e. The molecule has 112 valence electrons. The van der Waals surface area contributed by atoms with Gasteiger partial charge in [-0.25, -0.2) is 4.79 Å². The predicted molar refractivity (Wildman–Crippen MR) is 80.0 cm³/mol. The van der Waals surface area contributed by atoms with Gasteiger partial charge in [-0.3, -0.25) is 19.5 Å². The molecule has 0 bridgehead atoms. The van der Waals surface area contributed by atoms with Crippen LogP contribution in [0, 0.1) is 5.92 Å². The third-order valence-corrected chi connectivity index (χ3v) is 3.60. The van der Waals surface area contributed by atoms with E-state index in [-0.39, 0.29) is 6.54 Å². The highest BCUT2D eigenvalue weighted by molar-refractivity contribution is 6.13. The molecule has 7 nitrogen and oxygen atoms in total. The number of fused-ring (bicyclic) bond motifs is 1. The van der Waals surface area contributed by atoms with Crippen LogP contribution in [0.2, 0.25) is 0 Å². The molecule has 2 heterocycles. The number of imide groups is 1. The van der Waals surface area contributed by atoms with E-state index < -0.39 is 23.8 Å². The van der Waals surface area contributed by atoms with Gasteiger partial charge in [-0.2, -0.15) is 0 Å². The van der Waals surface area contributed by atoms with Gasteiger partial charge < -0.3 is 10.6 Å². The minimum absolute atomic E-state index is 0.00790. The third-order valence-electron chi connectivity index (χ3n) is 3.60. The van der Waals surface area contributed by atoms with Gasteiger partial charge >= 0.3 is 6.03 Å². The van der Waals surface area contributed by atoms with Crippen LogP contribution in [-0.4, -0.2) is 41.3 Å². The summed E-state index contributed by atoms with van der Waals surface area (Å²) in [6, 6.07) is 8.61. The quantitative estimate of drug-likeness (QED) is 0.808. The molecule has 1 aliphatic heterocycles. The van der Waals surface area contributed by atoms with Crippen LogP contribution < -0.4 is 10.6 Å². The highest BCUT2D eigenvalue weighted by atomic mass is 16.2. The summed E-state index contributed by atoms with van der Waals surface area (Å²) in [6.45, 7) is -0.00790. The standard InChI is InChI=1S/C15H14N4O3/c1-19-14(21)10(8-17-15(19)22)13(20)18-11-6-2-4-9-5-3-7-16-12(9)11/h2-7,10H,8H2,1H3,(H,17,22)(H,18,20). The smallest absolute Gasteiger partial charge is 0.323 e. The first-order valence-electron chi connectivity index (χ1n) is 6.78. The first-order chi connectivity index (χ1) is 10.6. The maximum absolute atomic E-state index is 12.3. The van der Waals surface area contributed by atoms with Crippen molar-refractivity contribution in [1.82, 2.24) is 15.2 Å². The second-order valence-corrected chi connectivity index (χ2v) is 5.01. The maximum atomic E-state index is 12.3. The van der Waals surface area contributed by atoms with Crippen LogP contribution in [0.15, 0.2) is 36.5 Å². The number of benzene rings is 1. The van der Waals surface area contributed by atoms with Crippen molar-refractivity contribution in [3.63, 3.8) is 0 Å². The van der Waals surface area contributed by atoms with Gasteiger partial charge in [0.1, 0.15) is 5.92 Å². The molecule has 0 spiro atoms. The van der Waals surface area contributed by atoms with Crippen molar-refractivity contribution in [3.8, 4) is 0 Å². The lowest BCUT2D eigenvalue weighted by molar-refractivity contribution is -0.138. The minimum atomic E-state index is -0.943. The number of carbonyl (C=O) groups is 3. The summed E-state index contributed by atoms with van der Waals surface area (Å²) in [5.41, 5.74) is 1.19. The first kappa shape index (κ1) is 14.0. The number of urea groups is 1. The van der Waals surface area contributed by atoms with Gasteiger partial charge in [0.15, 0.2) is 0 Å². The Kier molecular flexibility index (Phi) is 3.46. The predicted octanol–water partition coefficient (Wildman–Crippen LogP) is 0.971. The van der Waals surface area contributed by atoms with Crippen LogP contribution >= 0.6 is 0 Å². The number of nitrogens with one attached hydrogen (secondary N) is 2. The second-order valence-electron chi connectivity index (χ2n) is 5.01. The number of pyridine rings is 1. The van der Waals surface area contributed by atoms with Crippen molar-refractivity contribution >= 4 is 34.4 Å². The van der Waals surface area contributed by atoms with Gasteiger partial charge in [-0.15, -0.1) is 0 Å². The molecule has 0 radical (unpaired) electrons. The molecule has 1 saturated heterocycles. The fourth-order valence-electron chi connectivity index (χ4n) is 2.36. The van der Waals surface area contributed by atoms with E-state index in [1.165, 1.54) is 7.05 Å². The van der Waals surface area contributed by atoms with Gasteiger partial charge in [-0.05, 0) is 12.1 Å². The zero-order chi connectivity index (χ0) is 15.7. The van der Waals surface area contributed by atoms with E-state index in [2.05, 4.69) is 15.6 Å². The molecule has 1 fully saturated rings. The summed E-state index contributed by atoms with van der Waals surface area (Å²) < 4.78 is 0. The van der Waals surface area contributed by atoms with E-state index in [4.69, 9.17) is 0 Å². The van der Waals surface area contributed by atoms with Crippen LogP contribution in [0.4, 0.5) is 10.5 Å². The number of hydrogen-bond donors (Lipinski definition) is 2. The Morgan fingerprint density at radius 2 is 2.09 bits per heavy atom.